The number of nitrogens with one attached hydrogen (secondary N) is 2. The third-order valence-corrected chi connectivity index (χ3v) is 7.50. The van der Waals surface area contributed by atoms with Gasteiger partial charge in [0.1, 0.15) is 5.75 Å². The molecule has 1 aliphatic heterocycles. The van der Waals surface area contributed by atoms with Crippen LogP contribution in [-0.4, -0.2) is 56.5 Å². The Balaban J connectivity index is 1.60. The second kappa shape index (κ2) is 10.1. The molecule has 3 amide bonds. The maximum Gasteiger partial charge on any atom is 0.321 e. The van der Waals surface area contributed by atoms with Crippen LogP contribution in [0.25, 0.3) is 0 Å². The van der Waals surface area contributed by atoms with Crippen molar-refractivity contribution in [1.82, 2.24) is 15.5 Å². The summed E-state index contributed by atoms with van der Waals surface area (Å²) in [6.45, 7) is 0.667. The van der Waals surface area contributed by atoms with E-state index in [0.717, 1.165) is 10.4 Å². The molecule has 0 bridgehead atoms. The Hall–Kier alpha value is -2.43. The highest BCUT2D eigenvalue weighted by Gasteiger charge is 2.33. The molecule has 162 valence electrons. The monoisotopic (exact) mass is 451 g/mol. The number of hydrogen-bond acceptors (Lipinski definition) is 7. The normalized spacial score (nSPS) is 17.6. The Labute approximate surface area is 180 Å². The number of carbonyl (C=O) groups excluding carboxylic acids is 2. The van der Waals surface area contributed by atoms with E-state index in [1.807, 2.05) is 46.7 Å². The number of rotatable bonds is 8. The van der Waals surface area contributed by atoms with Gasteiger partial charge in [0.2, 0.25) is 5.91 Å². The second-order valence-corrected chi connectivity index (χ2v) is 10.4. The van der Waals surface area contributed by atoms with Crippen LogP contribution in [0.15, 0.2) is 41.8 Å². The minimum absolute atomic E-state index is 0.0149. The van der Waals surface area contributed by atoms with E-state index in [9.17, 15) is 18.0 Å². The van der Waals surface area contributed by atoms with Crippen molar-refractivity contribution in [3.8, 4) is 5.75 Å². The standard InChI is InChI=1S/C20H25N3O5S2/c1-28-17-6-4-15(5-7-17)12-23(16-8-10-30(26,27)14-16)13-19(24)22-20(25)21-11-18-3-2-9-29-18/h2-7,9,16H,8,10-14H2,1H3,(H2,21,22,24,25). The molecule has 1 atom stereocenters. The van der Waals surface area contributed by atoms with Gasteiger partial charge in [-0.1, -0.05) is 18.2 Å². The largest absolute Gasteiger partial charge is 0.497 e. The average molecular weight is 452 g/mol. The number of imide groups is 1. The minimum Gasteiger partial charge on any atom is -0.497 e. The summed E-state index contributed by atoms with van der Waals surface area (Å²) in [4.78, 5) is 27.3. The summed E-state index contributed by atoms with van der Waals surface area (Å²) >= 11 is 1.51. The molecule has 0 saturated carbocycles. The van der Waals surface area contributed by atoms with Crippen molar-refractivity contribution in [2.75, 3.05) is 25.2 Å². The van der Waals surface area contributed by atoms with E-state index in [2.05, 4.69) is 10.6 Å². The third kappa shape index (κ3) is 6.54. The molecule has 3 rings (SSSR count). The summed E-state index contributed by atoms with van der Waals surface area (Å²) < 4.78 is 29.0. The number of amides is 3. The first kappa shape index (κ1) is 22.3. The van der Waals surface area contributed by atoms with Gasteiger partial charge >= 0.3 is 6.03 Å². The van der Waals surface area contributed by atoms with Gasteiger partial charge in [-0.05, 0) is 35.6 Å². The molecule has 1 fully saturated rings. The lowest BCUT2D eigenvalue weighted by Gasteiger charge is -2.27. The third-order valence-electron chi connectivity index (χ3n) is 4.87. The van der Waals surface area contributed by atoms with Crippen LogP contribution in [0.2, 0.25) is 0 Å². The molecule has 10 heteroatoms. The highest BCUT2D eigenvalue weighted by Crippen LogP contribution is 2.21. The van der Waals surface area contributed by atoms with Crippen LogP contribution in [0, 0.1) is 0 Å². The van der Waals surface area contributed by atoms with E-state index >= 15 is 0 Å². The van der Waals surface area contributed by atoms with Crippen molar-refractivity contribution in [3.63, 3.8) is 0 Å². The Morgan fingerprint density at radius 3 is 2.60 bits per heavy atom. The van der Waals surface area contributed by atoms with Crippen LogP contribution < -0.4 is 15.4 Å². The second-order valence-electron chi connectivity index (χ2n) is 7.12. The molecule has 1 saturated heterocycles. The van der Waals surface area contributed by atoms with Gasteiger partial charge in [0.05, 0.1) is 31.7 Å². The first-order chi connectivity index (χ1) is 14.3. The minimum atomic E-state index is -3.11. The summed E-state index contributed by atoms with van der Waals surface area (Å²) in [6, 6.07) is 10.3. The van der Waals surface area contributed by atoms with Crippen LogP contribution in [0.5, 0.6) is 5.75 Å². The number of benzene rings is 1. The van der Waals surface area contributed by atoms with Gasteiger partial charge in [-0.25, -0.2) is 13.2 Å². The Morgan fingerprint density at radius 1 is 1.23 bits per heavy atom. The van der Waals surface area contributed by atoms with Crippen LogP contribution in [0.3, 0.4) is 0 Å². The van der Waals surface area contributed by atoms with E-state index in [0.29, 0.717) is 25.3 Å². The number of sulfone groups is 1. The molecule has 8 nitrogen and oxygen atoms in total. The van der Waals surface area contributed by atoms with Gasteiger partial charge in [0, 0.05) is 17.5 Å². The molecule has 1 aromatic carbocycles. The first-order valence-corrected chi connectivity index (χ1v) is 12.2. The molecule has 1 aliphatic rings. The fourth-order valence-electron chi connectivity index (χ4n) is 3.32. The van der Waals surface area contributed by atoms with E-state index in [4.69, 9.17) is 4.74 Å². The summed E-state index contributed by atoms with van der Waals surface area (Å²) in [5.41, 5.74) is 0.926. The lowest BCUT2D eigenvalue weighted by atomic mass is 10.1. The molecule has 0 spiro atoms. The van der Waals surface area contributed by atoms with Gasteiger partial charge in [-0.3, -0.25) is 15.0 Å². The molecule has 30 heavy (non-hydrogen) atoms. The quantitative estimate of drug-likeness (QED) is 0.634. The van der Waals surface area contributed by atoms with Crippen molar-refractivity contribution in [3.05, 3.63) is 52.2 Å². The van der Waals surface area contributed by atoms with Gasteiger partial charge in [-0.2, -0.15) is 0 Å². The van der Waals surface area contributed by atoms with Crippen molar-refractivity contribution in [2.45, 2.75) is 25.6 Å². The van der Waals surface area contributed by atoms with Gasteiger partial charge in [0.25, 0.3) is 0 Å². The fourth-order valence-corrected chi connectivity index (χ4v) is 5.72. The molecule has 2 aromatic rings. The molecule has 1 unspecified atom stereocenters. The number of ether oxygens (including phenoxy) is 1. The van der Waals surface area contributed by atoms with Gasteiger partial charge in [0.15, 0.2) is 9.84 Å². The number of thiophene rings is 1. The van der Waals surface area contributed by atoms with Crippen molar-refractivity contribution >= 4 is 33.1 Å². The number of urea groups is 1. The van der Waals surface area contributed by atoms with E-state index in [1.165, 1.54) is 11.3 Å². The number of methoxy groups -OCH3 is 1. The molecule has 0 aliphatic carbocycles. The SMILES string of the molecule is COc1ccc(CN(CC(=O)NC(=O)NCc2cccs2)C2CCS(=O)(=O)C2)cc1. The Bertz CT molecular complexity index is 959. The molecular weight excluding hydrogens is 426 g/mol. The molecule has 1 aromatic heterocycles. The summed E-state index contributed by atoms with van der Waals surface area (Å²) in [5, 5.41) is 6.88. The predicted molar refractivity (Wildman–Crippen MR) is 115 cm³/mol. The summed E-state index contributed by atoms with van der Waals surface area (Å²) in [5.74, 6) is 0.367. The lowest BCUT2D eigenvalue weighted by Crippen LogP contribution is -2.47. The highest BCUT2D eigenvalue weighted by atomic mass is 32.2. The molecule has 2 N–H and O–H groups in total. The fraction of sp³-hybridized carbons (Fsp3) is 0.400. The predicted octanol–water partition coefficient (Wildman–Crippen LogP) is 1.77. The highest BCUT2D eigenvalue weighted by molar-refractivity contribution is 7.91. The molecule has 2 heterocycles. The maximum absolute atomic E-state index is 12.5. The van der Waals surface area contributed by atoms with E-state index in [-0.39, 0.29) is 24.1 Å². The zero-order chi connectivity index (χ0) is 21.6. The van der Waals surface area contributed by atoms with Crippen LogP contribution in [-0.2, 0) is 27.7 Å². The van der Waals surface area contributed by atoms with Gasteiger partial charge < -0.3 is 10.1 Å². The van der Waals surface area contributed by atoms with Crippen LogP contribution in [0.1, 0.15) is 16.9 Å². The summed E-state index contributed by atoms with van der Waals surface area (Å²) in [6.07, 6.45) is 0.469. The average Bonchev–Trinajstić information content (AvgIpc) is 3.35. The lowest BCUT2D eigenvalue weighted by molar-refractivity contribution is -0.121. The Morgan fingerprint density at radius 2 is 2.00 bits per heavy atom. The number of hydrogen-bond donors (Lipinski definition) is 2. The smallest absolute Gasteiger partial charge is 0.321 e. The number of nitrogens with zero attached hydrogens (tertiary/aromatic N) is 1. The van der Waals surface area contributed by atoms with Crippen molar-refractivity contribution in [2.24, 2.45) is 0 Å². The zero-order valence-corrected chi connectivity index (χ0v) is 18.3. The summed E-state index contributed by atoms with van der Waals surface area (Å²) in [7, 11) is -1.53. The van der Waals surface area contributed by atoms with Crippen molar-refractivity contribution in [1.29, 1.82) is 0 Å². The van der Waals surface area contributed by atoms with Crippen LogP contribution >= 0.6 is 11.3 Å². The van der Waals surface area contributed by atoms with Gasteiger partial charge in [-0.15, -0.1) is 11.3 Å². The molecular formula is C20H25N3O5S2. The van der Waals surface area contributed by atoms with E-state index in [1.54, 1.807) is 7.11 Å². The first-order valence-electron chi connectivity index (χ1n) is 9.52. The topological polar surface area (TPSA) is 105 Å². The zero-order valence-electron chi connectivity index (χ0n) is 16.7. The maximum atomic E-state index is 12.5. The molecule has 0 radical (unpaired) electrons. The van der Waals surface area contributed by atoms with Crippen LogP contribution in [0.4, 0.5) is 4.79 Å². The van der Waals surface area contributed by atoms with E-state index < -0.39 is 21.8 Å². The van der Waals surface area contributed by atoms with Crippen molar-refractivity contribution < 1.29 is 22.7 Å². The Kier molecular flexibility index (Phi) is 7.46. The number of carbonyl (C=O) groups is 2.